The Morgan fingerprint density at radius 3 is 2.58 bits per heavy atom. The van der Waals surface area contributed by atoms with Gasteiger partial charge in [0.2, 0.25) is 0 Å². The van der Waals surface area contributed by atoms with Crippen molar-refractivity contribution in [2.75, 3.05) is 0 Å². The molecule has 0 bridgehead atoms. The van der Waals surface area contributed by atoms with Gasteiger partial charge in [0, 0.05) is 36.4 Å². The van der Waals surface area contributed by atoms with E-state index in [-0.39, 0.29) is 5.91 Å². The number of nitrogens with one attached hydrogen (secondary N) is 1. The van der Waals surface area contributed by atoms with Crippen LogP contribution in [0, 0.1) is 0 Å². The van der Waals surface area contributed by atoms with Gasteiger partial charge in [-0.1, -0.05) is 59.8 Å². The number of thiophene rings is 1. The second-order valence-corrected chi connectivity index (χ2v) is 9.56. The molecular weight excluding hydrogens is 444 g/mol. The number of fused-ring (bicyclic) bond motifs is 2. The maximum Gasteiger partial charge on any atom is 0.251 e. The van der Waals surface area contributed by atoms with Crippen molar-refractivity contribution in [3.63, 3.8) is 0 Å². The van der Waals surface area contributed by atoms with E-state index in [1.165, 1.54) is 0 Å². The molecule has 4 aromatic rings. The van der Waals surface area contributed by atoms with Crippen molar-refractivity contribution in [2.45, 2.75) is 16.3 Å². The fourth-order valence-electron chi connectivity index (χ4n) is 3.39. The van der Waals surface area contributed by atoms with Crippen molar-refractivity contribution in [1.29, 1.82) is 0 Å². The van der Waals surface area contributed by atoms with Gasteiger partial charge < -0.3 is 5.32 Å². The summed E-state index contributed by atoms with van der Waals surface area (Å²) in [4.78, 5) is 21.0. The van der Waals surface area contributed by atoms with Crippen molar-refractivity contribution in [3.8, 4) is 0 Å². The molecule has 1 aliphatic heterocycles. The first-order chi connectivity index (χ1) is 15.2. The Labute approximate surface area is 193 Å². The molecule has 0 aliphatic carbocycles. The molecule has 3 nitrogen and oxygen atoms in total. The molecule has 31 heavy (non-hydrogen) atoms. The van der Waals surface area contributed by atoms with Gasteiger partial charge in [-0.05, 0) is 47.8 Å². The summed E-state index contributed by atoms with van der Waals surface area (Å²) in [5, 5.41) is 5.68. The second kappa shape index (κ2) is 8.71. The number of nitrogens with zero attached hydrogens (tertiary/aromatic N) is 1. The molecule has 1 amide bonds. The first-order valence-electron chi connectivity index (χ1n) is 9.74. The first-order valence-corrected chi connectivity index (χ1v) is 11.8. The molecule has 0 fully saturated rings. The number of halogens is 1. The molecule has 0 spiro atoms. The van der Waals surface area contributed by atoms with Crippen molar-refractivity contribution >= 4 is 52.0 Å². The van der Waals surface area contributed by atoms with Gasteiger partial charge in [0.25, 0.3) is 5.91 Å². The molecule has 0 atom stereocenters. The Hall–Kier alpha value is -2.86. The smallest absolute Gasteiger partial charge is 0.251 e. The Balaban J connectivity index is 1.53. The molecular formula is C25H17ClN2OS2. The van der Waals surface area contributed by atoms with Crippen molar-refractivity contribution in [2.24, 2.45) is 4.99 Å². The average Bonchev–Trinajstić information content (AvgIpc) is 3.26. The van der Waals surface area contributed by atoms with Gasteiger partial charge in [-0.25, -0.2) is 4.99 Å². The molecule has 3 aromatic carbocycles. The third kappa shape index (κ3) is 4.30. The topological polar surface area (TPSA) is 41.5 Å². The number of carbonyl (C=O) groups excluding carboxylic acids is 1. The molecule has 0 radical (unpaired) electrons. The third-order valence-corrected chi connectivity index (χ3v) is 7.21. The summed E-state index contributed by atoms with van der Waals surface area (Å²) in [6.45, 7) is 0.521. The van der Waals surface area contributed by atoms with Crippen LogP contribution in [0.1, 0.15) is 26.4 Å². The van der Waals surface area contributed by atoms with Gasteiger partial charge in [-0.2, -0.15) is 0 Å². The normalized spacial score (nSPS) is 12.4. The SMILES string of the molecule is O=C(NCc1cccs1)c1ccc2c(c1)N=C(c1ccc(Cl)cc1)c1ccccc1S2. The van der Waals surface area contributed by atoms with Crippen molar-refractivity contribution in [1.82, 2.24) is 5.32 Å². The maximum atomic E-state index is 12.7. The minimum absolute atomic E-state index is 0.105. The Kier molecular flexibility index (Phi) is 5.64. The second-order valence-electron chi connectivity index (χ2n) is 7.01. The zero-order valence-corrected chi connectivity index (χ0v) is 18.7. The van der Waals surface area contributed by atoms with Gasteiger partial charge in [0.05, 0.1) is 17.9 Å². The number of hydrogen-bond acceptors (Lipinski definition) is 4. The summed E-state index contributed by atoms with van der Waals surface area (Å²) in [5.41, 5.74) is 4.30. The summed E-state index contributed by atoms with van der Waals surface area (Å²) in [7, 11) is 0. The minimum Gasteiger partial charge on any atom is -0.347 e. The van der Waals surface area contributed by atoms with E-state index in [2.05, 4.69) is 17.4 Å². The lowest BCUT2D eigenvalue weighted by Gasteiger charge is -2.09. The molecule has 1 aromatic heterocycles. The van der Waals surface area contributed by atoms with Crippen LogP contribution in [0.2, 0.25) is 5.02 Å². The molecule has 6 heteroatoms. The quantitative estimate of drug-likeness (QED) is 0.314. The fraction of sp³-hybridized carbons (Fsp3) is 0.0400. The number of rotatable bonds is 4. The predicted molar refractivity (Wildman–Crippen MR) is 129 cm³/mol. The highest BCUT2D eigenvalue weighted by Gasteiger charge is 2.20. The summed E-state index contributed by atoms with van der Waals surface area (Å²) >= 11 is 9.39. The number of amides is 1. The highest BCUT2D eigenvalue weighted by Crippen LogP contribution is 2.41. The van der Waals surface area contributed by atoms with E-state index in [1.54, 1.807) is 23.1 Å². The largest absolute Gasteiger partial charge is 0.347 e. The summed E-state index contributed by atoms with van der Waals surface area (Å²) in [5.74, 6) is -0.105. The number of hydrogen-bond donors (Lipinski definition) is 1. The minimum atomic E-state index is -0.105. The van der Waals surface area contributed by atoms with Crippen LogP contribution in [-0.4, -0.2) is 11.6 Å². The van der Waals surface area contributed by atoms with Crippen LogP contribution in [0.25, 0.3) is 0 Å². The predicted octanol–water partition coefficient (Wildman–Crippen LogP) is 6.97. The molecule has 2 heterocycles. The zero-order chi connectivity index (χ0) is 21.2. The number of aliphatic imine (C=N–C) groups is 1. The highest BCUT2D eigenvalue weighted by atomic mass is 35.5. The molecule has 152 valence electrons. The standard InChI is InChI=1S/C25H17ClN2OS2/c26-18-10-7-16(8-11-18)24-20-5-1-2-6-22(20)31-23-12-9-17(14-21(23)28-24)25(29)27-15-19-4-3-13-30-19/h1-14H,15H2,(H,27,29). The van der Waals surface area contributed by atoms with Gasteiger partial charge >= 0.3 is 0 Å². The van der Waals surface area contributed by atoms with E-state index >= 15 is 0 Å². The lowest BCUT2D eigenvalue weighted by Crippen LogP contribution is -2.22. The highest BCUT2D eigenvalue weighted by molar-refractivity contribution is 7.99. The van der Waals surface area contributed by atoms with Crippen LogP contribution >= 0.6 is 34.7 Å². The van der Waals surface area contributed by atoms with Crippen LogP contribution in [-0.2, 0) is 6.54 Å². The fourth-order valence-corrected chi connectivity index (χ4v) is 5.17. The summed E-state index contributed by atoms with van der Waals surface area (Å²) in [6, 6.07) is 25.6. The Morgan fingerprint density at radius 1 is 0.935 bits per heavy atom. The van der Waals surface area contributed by atoms with Crippen LogP contribution in [0.5, 0.6) is 0 Å². The van der Waals surface area contributed by atoms with E-state index in [1.807, 2.05) is 72.1 Å². The van der Waals surface area contributed by atoms with E-state index in [0.717, 1.165) is 37.2 Å². The van der Waals surface area contributed by atoms with Gasteiger partial charge in [-0.15, -0.1) is 11.3 Å². The monoisotopic (exact) mass is 460 g/mol. The molecule has 1 N–H and O–H groups in total. The van der Waals surface area contributed by atoms with Gasteiger partial charge in [-0.3, -0.25) is 4.79 Å². The Bertz CT molecular complexity index is 1280. The lowest BCUT2D eigenvalue weighted by atomic mass is 10.0. The van der Waals surface area contributed by atoms with E-state index < -0.39 is 0 Å². The summed E-state index contributed by atoms with van der Waals surface area (Å²) in [6.07, 6.45) is 0. The van der Waals surface area contributed by atoms with E-state index in [4.69, 9.17) is 16.6 Å². The first kappa shape index (κ1) is 20.1. The van der Waals surface area contributed by atoms with Crippen LogP contribution < -0.4 is 5.32 Å². The van der Waals surface area contributed by atoms with Crippen molar-refractivity contribution in [3.05, 3.63) is 111 Å². The molecule has 5 rings (SSSR count). The van der Waals surface area contributed by atoms with E-state index in [9.17, 15) is 4.79 Å². The third-order valence-electron chi connectivity index (χ3n) is 4.94. The summed E-state index contributed by atoms with van der Waals surface area (Å²) < 4.78 is 0. The van der Waals surface area contributed by atoms with Crippen LogP contribution in [0.4, 0.5) is 5.69 Å². The average molecular weight is 461 g/mol. The molecule has 0 saturated heterocycles. The molecule has 1 aliphatic rings. The van der Waals surface area contributed by atoms with Gasteiger partial charge in [0.1, 0.15) is 0 Å². The zero-order valence-electron chi connectivity index (χ0n) is 16.3. The Morgan fingerprint density at radius 2 is 1.77 bits per heavy atom. The maximum absolute atomic E-state index is 12.7. The lowest BCUT2D eigenvalue weighted by molar-refractivity contribution is 0.0951. The number of carbonyl (C=O) groups is 1. The number of benzene rings is 3. The van der Waals surface area contributed by atoms with Gasteiger partial charge in [0.15, 0.2) is 0 Å². The van der Waals surface area contributed by atoms with Crippen LogP contribution in [0.15, 0.2) is 99.0 Å². The van der Waals surface area contributed by atoms with Crippen LogP contribution in [0.3, 0.4) is 0 Å². The van der Waals surface area contributed by atoms with Crippen molar-refractivity contribution < 1.29 is 4.79 Å². The molecule has 0 saturated carbocycles. The molecule has 0 unspecified atom stereocenters. The van der Waals surface area contributed by atoms with E-state index in [0.29, 0.717) is 17.1 Å².